The van der Waals surface area contributed by atoms with E-state index >= 15 is 0 Å². The Kier molecular flexibility index (Phi) is 3.70. The molecule has 1 atom stereocenters. The molecule has 0 spiro atoms. The molecule has 0 saturated heterocycles. The van der Waals surface area contributed by atoms with Gasteiger partial charge in [0.05, 0.1) is 22.5 Å². The van der Waals surface area contributed by atoms with Crippen molar-refractivity contribution in [2.75, 3.05) is 0 Å². The quantitative estimate of drug-likeness (QED) is 0.669. The summed E-state index contributed by atoms with van der Waals surface area (Å²) in [5, 5.41) is 23.7. The molecule has 1 aliphatic heterocycles. The molecule has 1 aromatic rings. The summed E-state index contributed by atoms with van der Waals surface area (Å²) in [6.07, 6.45) is 1.98. The molecule has 0 radical (unpaired) electrons. The van der Waals surface area contributed by atoms with Crippen molar-refractivity contribution in [3.05, 3.63) is 62.5 Å². The van der Waals surface area contributed by atoms with Crippen molar-refractivity contribution in [3.63, 3.8) is 0 Å². The van der Waals surface area contributed by atoms with Gasteiger partial charge in [0.2, 0.25) is 0 Å². The van der Waals surface area contributed by atoms with Crippen LogP contribution in [0.1, 0.15) is 37.7 Å². The molecule has 1 N–H and O–H groups in total. The highest BCUT2D eigenvalue weighted by atomic mass is 16.6. The molecule has 0 saturated carbocycles. The van der Waals surface area contributed by atoms with Crippen molar-refractivity contribution >= 4 is 11.5 Å². The number of allylic oxidation sites excluding steroid dienone is 4. The molecule has 1 heterocycles. The van der Waals surface area contributed by atoms with Gasteiger partial charge in [-0.3, -0.25) is 14.9 Å². The molecule has 23 heavy (non-hydrogen) atoms. The smallest absolute Gasteiger partial charge is 0.269 e. The lowest BCUT2D eigenvalue weighted by atomic mass is 9.75. The van der Waals surface area contributed by atoms with Gasteiger partial charge in [-0.1, -0.05) is 12.1 Å². The Labute approximate surface area is 133 Å². The molecule has 0 amide bonds. The maximum absolute atomic E-state index is 12.4. The van der Waals surface area contributed by atoms with Crippen LogP contribution in [0.15, 0.2) is 46.8 Å². The van der Waals surface area contributed by atoms with E-state index in [1.807, 2.05) is 0 Å². The summed E-state index contributed by atoms with van der Waals surface area (Å²) in [6, 6.07) is 8.35. The number of hydrogen-bond acceptors (Lipinski definition) is 5. The van der Waals surface area contributed by atoms with Gasteiger partial charge in [-0.15, -0.1) is 0 Å². The minimum atomic E-state index is -0.524. The van der Waals surface area contributed by atoms with E-state index in [9.17, 15) is 20.2 Å². The number of nitro groups is 1. The Morgan fingerprint density at radius 1 is 1.39 bits per heavy atom. The van der Waals surface area contributed by atoms with Gasteiger partial charge in [0.1, 0.15) is 0 Å². The van der Waals surface area contributed by atoms with Crippen LogP contribution in [0, 0.1) is 21.4 Å². The van der Waals surface area contributed by atoms with Gasteiger partial charge in [0.25, 0.3) is 5.69 Å². The Bertz CT molecular complexity index is 815. The van der Waals surface area contributed by atoms with Crippen LogP contribution in [0.4, 0.5) is 5.69 Å². The molecule has 3 rings (SSSR count). The van der Waals surface area contributed by atoms with E-state index in [2.05, 4.69) is 11.4 Å². The van der Waals surface area contributed by atoms with E-state index in [4.69, 9.17) is 0 Å². The minimum absolute atomic E-state index is 0.00973. The third-order valence-electron chi connectivity index (χ3n) is 4.31. The zero-order chi connectivity index (χ0) is 16.6. The second kappa shape index (κ2) is 5.69. The fourth-order valence-corrected chi connectivity index (χ4v) is 3.28. The maximum Gasteiger partial charge on any atom is 0.269 e. The number of non-ortho nitro benzene ring substituents is 1. The predicted octanol–water partition coefficient (Wildman–Crippen LogP) is 3.09. The van der Waals surface area contributed by atoms with Crippen LogP contribution in [0.2, 0.25) is 0 Å². The van der Waals surface area contributed by atoms with Crippen molar-refractivity contribution in [2.45, 2.75) is 32.1 Å². The number of nitrogens with zero attached hydrogens (tertiary/aromatic N) is 2. The van der Waals surface area contributed by atoms with Crippen LogP contribution in [0.25, 0.3) is 0 Å². The SMILES string of the molecule is CC1=C(C#N)[C@H](c2cccc([N+](=O)[O-])c2)C2=C(CCCC2=O)N1. The lowest BCUT2D eigenvalue weighted by molar-refractivity contribution is -0.384. The lowest BCUT2D eigenvalue weighted by Crippen LogP contribution is -2.31. The molecule has 6 heteroatoms. The number of dihydropyridines is 1. The Balaban J connectivity index is 2.19. The first-order valence-electron chi connectivity index (χ1n) is 7.41. The van der Waals surface area contributed by atoms with Gasteiger partial charge in [0.15, 0.2) is 5.78 Å². The van der Waals surface area contributed by atoms with Crippen LogP contribution in [0.3, 0.4) is 0 Å². The summed E-state index contributed by atoms with van der Waals surface area (Å²) in [7, 11) is 0. The topological polar surface area (TPSA) is 96.0 Å². The summed E-state index contributed by atoms with van der Waals surface area (Å²) in [4.78, 5) is 23.0. The second-order valence-corrected chi connectivity index (χ2v) is 5.73. The monoisotopic (exact) mass is 309 g/mol. The first-order valence-corrected chi connectivity index (χ1v) is 7.41. The van der Waals surface area contributed by atoms with Gasteiger partial charge in [-0.2, -0.15) is 5.26 Å². The molecule has 0 unspecified atom stereocenters. The normalized spacial score (nSPS) is 20.7. The highest BCUT2D eigenvalue weighted by Crippen LogP contribution is 2.42. The highest BCUT2D eigenvalue weighted by Gasteiger charge is 2.36. The van der Waals surface area contributed by atoms with Gasteiger partial charge in [-0.25, -0.2) is 0 Å². The molecule has 2 aliphatic rings. The molecule has 6 nitrogen and oxygen atoms in total. The molecule has 116 valence electrons. The fraction of sp³-hybridized carbons (Fsp3) is 0.294. The van der Waals surface area contributed by atoms with Gasteiger partial charge < -0.3 is 5.32 Å². The number of carbonyl (C=O) groups excluding carboxylic acids is 1. The van der Waals surface area contributed by atoms with E-state index in [-0.39, 0.29) is 11.5 Å². The average molecular weight is 309 g/mol. The van der Waals surface area contributed by atoms with Gasteiger partial charge in [0, 0.05) is 35.5 Å². The number of nitrogens with one attached hydrogen (secondary N) is 1. The molecule has 0 aromatic heterocycles. The summed E-state index contributed by atoms with van der Waals surface area (Å²) in [5.74, 6) is -0.514. The van der Waals surface area contributed by atoms with Crippen LogP contribution in [0.5, 0.6) is 0 Å². The van der Waals surface area contributed by atoms with Crippen molar-refractivity contribution in [1.82, 2.24) is 5.32 Å². The predicted molar refractivity (Wildman–Crippen MR) is 83.2 cm³/mol. The standard InChI is InChI=1S/C17H15N3O3/c1-10-13(9-18)16(11-4-2-5-12(8-11)20(22)23)17-14(19-10)6-3-7-15(17)21/h2,4-5,8,16,19H,3,6-7H2,1H3/t16-/m0/s1. The van der Waals surface area contributed by atoms with Gasteiger partial charge in [-0.05, 0) is 25.3 Å². The van der Waals surface area contributed by atoms with Crippen molar-refractivity contribution in [1.29, 1.82) is 5.26 Å². The molecular formula is C17H15N3O3. The zero-order valence-electron chi connectivity index (χ0n) is 12.6. The van der Waals surface area contributed by atoms with E-state index in [1.54, 1.807) is 19.1 Å². The molecule has 1 aliphatic carbocycles. The Hall–Kier alpha value is -2.94. The maximum atomic E-state index is 12.4. The molecule has 1 aromatic carbocycles. The number of rotatable bonds is 2. The van der Waals surface area contributed by atoms with Crippen molar-refractivity contribution in [3.8, 4) is 6.07 Å². The van der Waals surface area contributed by atoms with Crippen LogP contribution < -0.4 is 5.32 Å². The van der Waals surface area contributed by atoms with E-state index in [1.165, 1.54) is 12.1 Å². The first kappa shape index (κ1) is 15.0. The second-order valence-electron chi connectivity index (χ2n) is 5.73. The number of ketones is 1. The Morgan fingerprint density at radius 2 is 2.17 bits per heavy atom. The average Bonchev–Trinajstić information content (AvgIpc) is 2.54. The van der Waals surface area contributed by atoms with Crippen LogP contribution in [-0.4, -0.2) is 10.7 Å². The largest absolute Gasteiger partial charge is 0.361 e. The van der Waals surface area contributed by atoms with Crippen LogP contribution in [-0.2, 0) is 4.79 Å². The van der Waals surface area contributed by atoms with Crippen molar-refractivity contribution in [2.24, 2.45) is 0 Å². The number of Topliss-reactive ketones (excluding diaryl/α,β-unsaturated/α-hetero) is 1. The number of hydrogen-bond donors (Lipinski definition) is 1. The molecule has 0 bridgehead atoms. The first-order chi connectivity index (χ1) is 11.0. The highest BCUT2D eigenvalue weighted by molar-refractivity contribution is 5.99. The summed E-state index contributed by atoms with van der Waals surface area (Å²) in [6.45, 7) is 1.80. The summed E-state index contributed by atoms with van der Waals surface area (Å²) < 4.78 is 0. The number of benzene rings is 1. The third-order valence-corrected chi connectivity index (χ3v) is 4.31. The Morgan fingerprint density at radius 3 is 2.87 bits per heavy atom. The fourth-order valence-electron chi connectivity index (χ4n) is 3.28. The molecular weight excluding hydrogens is 294 g/mol. The zero-order valence-corrected chi connectivity index (χ0v) is 12.6. The van der Waals surface area contributed by atoms with E-state index < -0.39 is 10.8 Å². The summed E-state index contributed by atoms with van der Waals surface area (Å²) in [5.41, 5.74) is 3.14. The van der Waals surface area contributed by atoms with Gasteiger partial charge >= 0.3 is 0 Å². The number of carbonyl (C=O) groups is 1. The number of nitro benzene ring substituents is 1. The number of nitriles is 1. The molecule has 0 fully saturated rings. The van der Waals surface area contributed by atoms with E-state index in [0.717, 1.165) is 18.5 Å². The third kappa shape index (κ3) is 2.50. The van der Waals surface area contributed by atoms with E-state index in [0.29, 0.717) is 28.8 Å². The minimum Gasteiger partial charge on any atom is -0.361 e. The lowest BCUT2D eigenvalue weighted by Gasteiger charge is -2.32. The van der Waals surface area contributed by atoms with Crippen molar-refractivity contribution < 1.29 is 9.72 Å². The van der Waals surface area contributed by atoms with Crippen LogP contribution >= 0.6 is 0 Å². The summed E-state index contributed by atoms with van der Waals surface area (Å²) >= 11 is 0.